The van der Waals surface area contributed by atoms with Crippen LogP contribution in [-0.2, 0) is 4.79 Å². The Bertz CT molecular complexity index is 743. The van der Waals surface area contributed by atoms with E-state index in [1.807, 2.05) is 26.0 Å². The summed E-state index contributed by atoms with van der Waals surface area (Å²) in [6.45, 7) is 5.53. The van der Waals surface area contributed by atoms with E-state index in [0.717, 1.165) is 11.1 Å². The van der Waals surface area contributed by atoms with E-state index in [1.165, 1.54) is 18.2 Å². The Balaban J connectivity index is 2.07. The number of nitrogens with zero attached hydrogens (tertiary/aromatic N) is 1. The van der Waals surface area contributed by atoms with Gasteiger partial charge >= 0.3 is 0 Å². The zero-order valence-corrected chi connectivity index (χ0v) is 13.2. The molecule has 0 aliphatic heterocycles. The molecule has 0 aromatic heterocycles. The molecule has 6 nitrogen and oxygen atoms in total. The normalized spacial score (nSPS) is 11.6. The first-order valence-electron chi connectivity index (χ1n) is 7.16. The highest BCUT2D eigenvalue weighted by Crippen LogP contribution is 2.22. The summed E-state index contributed by atoms with van der Waals surface area (Å²) >= 11 is 0. The van der Waals surface area contributed by atoms with Crippen LogP contribution in [0, 0.1) is 24.0 Å². The topological polar surface area (TPSA) is 81.5 Å². The van der Waals surface area contributed by atoms with Crippen molar-refractivity contribution in [3.63, 3.8) is 0 Å². The largest absolute Gasteiger partial charge is 0.481 e. The van der Waals surface area contributed by atoms with Gasteiger partial charge in [-0.15, -0.1) is 0 Å². The predicted molar refractivity (Wildman–Crippen MR) is 87.7 cm³/mol. The number of ether oxygens (including phenoxy) is 1. The molecule has 2 aromatic carbocycles. The Morgan fingerprint density at radius 1 is 1.22 bits per heavy atom. The maximum absolute atomic E-state index is 12.2. The van der Waals surface area contributed by atoms with Crippen molar-refractivity contribution in [2.24, 2.45) is 0 Å². The molecule has 0 aliphatic carbocycles. The average molecular weight is 314 g/mol. The smallest absolute Gasteiger partial charge is 0.271 e. The molecule has 0 heterocycles. The van der Waals surface area contributed by atoms with Gasteiger partial charge in [0.1, 0.15) is 5.75 Å². The number of hydrogen-bond donors (Lipinski definition) is 1. The fourth-order valence-electron chi connectivity index (χ4n) is 2.04. The van der Waals surface area contributed by atoms with Gasteiger partial charge in [-0.2, -0.15) is 0 Å². The number of anilines is 1. The van der Waals surface area contributed by atoms with E-state index in [4.69, 9.17) is 4.74 Å². The molecule has 0 bridgehead atoms. The summed E-state index contributed by atoms with van der Waals surface area (Å²) in [7, 11) is 0. The molecule has 120 valence electrons. The van der Waals surface area contributed by atoms with Gasteiger partial charge in [-0.1, -0.05) is 18.2 Å². The molecule has 1 N–H and O–H groups in total. The summed E-state index contributed by atoms with van der Waals surface area (Å²) < 4.78 is 5.69. The van der Waals surface area contributed by atoms with Gasteiger partial charge in [0.15, 0.2) is 6.10 Å². The van der Waals surface area contributed by atoms with E-state index in [9.17, 15) is 14.9 Å². The lowest BCUT2D eigenvalue weighted by Crippen LogP contribution is -2.30. The molecule has 1 atom stereocenters. The lowest BCUT2D eigenvalue weighted by Gasteiger charge is -2.17. The highest BCUT2D eigenvalue weighted by atomic mass is 16.6. The highest BCUT2D eigenvalue weighted by molar-refractivity contribution is 5.94. The summed E-state index contributed by atoms with van der Waals surface area (Å²) in [4.78, 5) is 22.4. The molecular formula is C17H18N2O4. The van der Waals surface area contributed by atoms with Crippen LogP contribution in [0.4, 0.5) is 11.4 Å². The fourth-order valence-corrected chi connectivity index (χ4v) is 2.04. The molecule has 6 heteroatoms. The quantitative estimate of drug-likeness (QED) is 0.675. The molecule has 0 saturated heterocycles. The van der Waals surface area contributed by atoms with Crippen LogP contribution in [0.2, 0.25) is 0 Å². The second-order valence-corrected chi connectivity index (χ2v) is 5.25. The summed E-state index contributed by atoms with van der Waals surface area (Å²) in [6.07, 6.45) is -0.727. The van der Waals surface area contributed by atoms with Crippen molar-refractivity contribution in [2.45, 2.75) is 26.9 Å². The number of nitro benzene ring substituents is 1. The van der Waals surface area contributed by atoms with Crippen molar-refractivity contribution >= 4 is 17.3 Å². The van der Waals surface area contributed by atoms with Gasteiger partial charge in [0, 0.05) is 17.8 Å². The van der Waals surface area contributed by atoms with Gasteiger partial charge in [0.2, 0.25) is 0 Å². The molecule has 23 heavy (non-hydrogen) atoms. The van der Waals surface area contributed by atoms with Gasteiger partial charge in [-0.3, -0.25) is 14.9 Å². The van der Waals surface area contributed by atoms with Crippen molar-refractivity contribution in [1.82, 2.24) is 0 Å². The zero-order valence-electron chi connectivity index (χ0n) is 13.2. The van der Waals surface area contributed by atoms with Crippen molar-refractivity contribution < 1.29 is 14.5 Å². The molecule has 0 saturated carbocycles. The number of nitro groups is 1. The van der Waals surface area contributed by atoms with E-state index >= 15 is 0 Å². The summed E-state index contributed by atoms with van der Waals surface area (Å²) in [6, 6.07) is 11.4. The number of amides is 1. The Labute approximate surface area is 134 Å². The van der Waals surface area contributed by atoms with E-state index in [1.54, 1.807) is 19.1 Å². The van der Waals surface area contributed by atoms with Crippen LogP contribution in [0.3, 0.4) is 0 Å². The monoisotopic (exact) mass is 314 g/mol. The van der Waals surface area contributed by atoms with Gasteiger partial charge in [0.25, 0.3) is 11.6 Å². The van der Waals surface area contributed by atoms with Crippen molar-refractivity contribution in [1.29, 1.82) is 0 Å². The molecule has 0 aliphatic rings. The lowest BCUT2D eigenvalue weighted by atomic mass is 10.1. The third kappa shape index (κ3) is 4.06. The third-order valence-electron chi connectivity index (χ3n) is 3.55. The SMILES string of the molecule is Cc1cccc(OC(C)C(=O)Nc2cccc([N+](=O)[O-])c2)c1C. The van der Waals surface area contributed by atoms with Gasteiger partial charge in [0.05, 0.1) is 4.92 Å². The molecule has 0 fully saturated rings. The third-order valence-corrected chi connectivity index (χ3v) is 3.55. The molecule has 2 rings (SSSR count). The van der Waals surface area contributed by atoms with Crippen molar-refractivity contribution in [3.05, 3.63) is 63.7 Å². The van der Waals surface area contributed by atoms with Crippen molar-refractivity contribution in [3.8, 4) is 5.75 Å². The summed E-state index contributed by atoms with van der Waals surface area (Å²) in [5.41, 5.74) is 2.34. The number of rotatable bonds is 5. The number of nitrogens with one attached hydrogen (secondary N) is 1. The minimum atomic E-state index is -0.727. The molecule has 0 spiro atoms. The second-order valence-electron chi connectivity index (χ2n) is 5.25. The predicted octanol–water partition coefficient (Wildman–Crippen LogP) is 3.62. The first-order chi connectivity index (χ1) is 10.9. The fraction of sp³-hybridized carbons (Fsp3) is 0.235. The highest BCUT2D eigenvalue weighted by Gasteiger charge is 2.17. The van der Waals surface area contributed by atoms with E-state index in [2.05, 4.69) is 5.32 Å². The Hall–Kier alpha value is -2.89. The Morgan fingerprint density at radius 2 is 1.91 bits per heavy atom. The molecular weight excluding hydrogens is 296 g/mol. The maximum Gasteiger partial charge on any atom is 0.271 e. The van der Waals surface area contributed by atoms with E-state index in [0.29, 0.717) is 11.4 Å². The number of hydrogen-bond acceptors (Lipinski definition) is 4. The molecule has 1 unspecified atom stereocenters. The maximum atomic E-state index is 12.2. The van der Waals surface area contributed by atoms with Crippen LogP contribution in [0.5, 0.6) is 5.75 Å². The molecule has 0 radical (unpaired) electrons. The first-order valence-corrected chi connectivity index (χ1v) is 7.16. The van der Waals surface area contributed by atoms with Crippen LogP contribution in [-0.4, -0.2) is 16.9 Å². The second kappa shape index (κ2) is 6.91. The number of benzene rings is 2. The Morgan fingerprint density at radius 3 is 2.61 bits per heavy atom. The van der Waals surface area contributed by atoms with Gasteiger partial charge in [-0.25, -0.2) is 0 Å². The number of non-ortho nitro benzene ring substituents is 1. The van der Waals surface area contributed by atoms with Crippen molar-refractivity contribution in [2.75, 3.05) is 5.32 Å². The van der Waals surface area contributed by atoms with E-state index < -0.39 is 11.0 Å². The molecule has 1 amide bonds. The Kier molecular flexibility index (Phi) is 4.95. The number of carbonyl (C=O) groups excluding carboxylic acids is 1. The molecule has 2 aromatic rings. The zero-order chi connectivity index (χ0) is 17.0. The van der Waals surface area contributed by atoms with Crippen LogP contribution in [0.15, 0.2) is 42.5 Å². The van der Waals surface area contributed by atoms with Crippen LogP contribution < -0.4 is 10.1 Å². The van der Waals surface area contributed by atoms with Crippen LogP contribution >= 0.6 is 0 Å². The number of aryl methyl sites for hydroxylation is 1. The van der Waals surface area contributed by atoms with Gasteiger partial charge in [-0.05, 0) is 44.0 Å². The first kappa shape index (κ1) is 16.5. The summed E-state index contributed by atoms with van der Waals surface area (Å²) in [5.74, 6) is 0.276. The minimum absolute atomic E-state index is 0.0779. The lowest BCUT2D eigenvalue weighted by molar-refractivity contribution is -0.384. The summed E-state index contributed by atoms with van der Waals surface area (Å²) in [5, 5.41) is 13.4. The minimum Gasteiger partial charge on any atom is -0.481 e. The number of carbonyl (C=O) groups is 1. The van der Waals surface area contributed by atoms with Crippen LogP contribution in [0.25, 0.3) is 0 Å². The average Bonchev–Trinajstić information content (AvgIpc) is 2.52. The standard InChI is InChI=1S/C17H18N2O4/c1-11-6-4-9-16(12(11)2)23-13(3)17(20)18-14-7-5-8-15(10-14)19(21)22/h4-10,13H,1-3H3,(H,18,20). The van der Waals surface area contributed by atoms with Gasteiger partial charge < -0.3 is 10.1 Å². The van der Waals surface area contributed by atoms with Crippen LogP contribution in [0.1, 0.15) is 18.1 Å². The van der Waals surface area contributed by atoms with E-state index in [-0.39, 0.29) is 11.6 Å².